The molecule has 1 N–H and O–H groups in total. The van der Waals surface area contributed by atoms with Crippen LogP contribution in [-0.4, -0.2) is 77.5 Å². The van der Waals surface area contributed by atoms with E-state index in [4.69, 9.17) is 14.2 Å². The molecule has 0 aromatic heterocycles. The van der Waals surface area contributed by atoms with Gasteiger partial charge in [0.2, 0.25) is 0 Å². The van der Waals surface area contributed by atoms with Crippen LogP contribution in [-0.2, 0) is 40.9 Å². The molecule has 17 heteroatoms. The number of benzene rings is 4. The number of carboxylic acid groups (broad SMARTS) is 1. The second kappa shape index (κ2) is 19.0. The third-order valence-corrected chi connectivity index (χ3v) is 12.0. The molecule has 0 unspecified atom stereocenters. The Bertz CT molecular complexity index is 2230. The van der Waals surface area contributed by atoms with Crippen molar-refractivity contribution < 1.29 is 50.5 Å². The third-order valence-electron chi connectivity index (χ3n) is 8.64. The van der Waals surface area contributed by atoms with Gasteiger partial charge in [0.25, 0.3) is 0 Å². The summed E-state index contributed by atoms with van der Waals surface area (Å²) in [6.07, 6.45) is 1.97. The first-order valence-electron chi connectivity index (χ1n) is 17.8. The van der Waals surface area contributed by atoms with Crippen molar-refractivity contribution >= 4 is 45.7 Å². The number of thioether (sulfide) groups is 2. The Balaban J connectivity index is 1.75. The van der Waals surface area contributed by atoms with E-state index in [9.17, 15) is 36.3 Å². The standard InChI is InChI=1S/C41H48F3N3O8S3/c1-26-18-32(12-16-36(26)56-8)53-34-14-10-28(20-30(34)24-45(6)38(48)49)22-47(58(51,52)41(42,43)44)23-29-11-15-35(54-33-13-17-37(57-9)27(2)19-33)31(21-29)25-46(7)39(50)55-40(3,4)5/h10-21H,22-25H2,1-9H3,(H,48,49). The van der Waals surface area contributed by atoms with Crippen LogP contribution in [0.5, 0.6) is 23.0 Å². The fourth-order valence-electron chi connectivity index (χ4n) is 5.75. The van der Waals surface area contributed by atoms with Gasteiger partial charge in [-0.1, -0.05) is 12.1 Å². The molecule has 0 aliphatic heterocycles. The van der Waals surface area contributed by atoms with Crippen molar-refractivity contribution in [2.75, 3.05) is 26.6 Å². The molecule has 4 aromatic rings. The minimum atomic E-state index is -5.92. The van der Waals surface area contributed by atoms with E-state index in [0.29, 0.717) is 32.7 Å². The molecule has 4 aromatic carbocycles. The normalized spacial score (nSPS) is 12.0. The van der Waals surface area contributed by atoms with E-state index >= 15 is 0 Å². The van der Waals surface area contributed by atoms with Crippen molar-refractivity contribution in [3.8, 4) is 23.0 Å². The maximum atomic E-state index is 14.3. The van der Waals surface area contributed by atoms with Gasteiger partial charge in [-0.3, -0.25) is 0 Å². The Morgan fingerprint density at radius 2 is 1.12 bits per heavy atom. The number of aryl methyl sites for hydroxylation is 2. The summed E-state index contributed by atoms with van der Waals surface area (Å²) < 4.78 is 87.4. The van der Waals surface area contributed by atoms with Gasteiger partial charge in [-0.25, -0.2) is 18.0 Å². The lowest BCUT2D eigenvalue weighted by atomic mass is 10.1. The Hall–Kier alpha value is -4.58. The molecule has 0 aliphatic rings. The zero-order chi connectivity index (χ0) is 43.2. The van der Waals surface area contributed by atoms with Crippen LogP contribution < -0.4 is 9.47 Å². The van der Waals surface area contributed by atoms with E-state index in [2.05, 4.69) is 0 Å². The number of nitrogens with zero attached hydrogens (tertiary/aromatic N) is 3. The van der Waals surface area contributed by atoms with Crippen LogP contribution in [0.15, 0.2) is 82.6 Å². The number of hydrogen-bond donors (Lipinski definition) is 1. The van der Waals surface area contributed by atoms with Crippen molar-refractivity contribution in [1.82, 2.24) is 14.1 Å². The molecule has 0 atom stereocenters. The monoisotopic (exact) mass is 863 g/mol. The maximum absolute atomic E-state index is 14.3. The number of alkyl halides is 3. The fourth-order valence-corrected chi connectivity index (χ4v) is 7.85. The Kier molecular flexibility index (Phi) is 15.1. The van der Waals surface area contributed by atoms with E-state index in [1.807, 2.05) is 44.6 Å². The Labute approximate surface area is 346 Å². The Morgan fingerprint density at radius 3 is 1.48 bits per heavy atom. The Morgan fingerprint density at radius 1 is 0.690 bits per heavy atom. The molecule has 11 nitrogen and oxygen atoms in total. The number of amides is 2. The first-order valence-corrected chi connectivity index (χ1v) is 21.7. The van der Waals surface area contributed by atoms with Gasteiger partial charge in [0, 0.05) is 48.1 Å². The highest BCUT2D eigenvalue weighted by atomic mass is 32.2. The van der Waals surface area contributed by atoms with E-state index < -0.39 is 46.4 Å². The van der Waals surface area contributed by atoms with Gasteiger partial charge in [0.05, 0.1) is 13.1 Å². The number of carbonyl (C=O) groups is 2. The molecule has 0 radical (unpaired) electrons. The van der Waals surface area contributed by atoms with Crippen molar-refractivity contribution in [2.45, 2.75) is 81.7 Å². The molecule has 2 amide bonds. The highest BCUT2D eigenvalue weighted by molar-refractivity contribution is 7.98. The number of ether oxygens (including phenoxy) is 3. The molecule has 58 heavy (non-hydrogen) atoms. The summed E-state index contributed by atoms with van der Waals surface area (Å²) >= 11 is 3.12. The molecule has 0 spiro atoms. The smallest absolute Gasteiger partial charge is 0.465 e. The molecule has 0 aliphatic carbocycles. The van der Waals surface area contributed by atoms with Crippen molar-refractivity contribution in [3.63, 3.8) is 0 Å². The largest absolute Gasteiger partial charge is 0.511 e. The fraction of sp³-hybridized carbons (Fsp3) is 0.366. The summed E-state index contributed by atoms with van der Waals surface area (Å²) in [6.45, 7) is 7.24. The molecule has 314 valence electrons. The summed E-state index contributed by atoms with van der Waals surface area (Å²) in [4.78, 5) is 29.1. The second-order valence-corrected chi connectivity index (χ2v) is 18.2. The highest BCUT2D eigenvalue weighted by Crippen LogP contribution is 2.35. The van der Waals surface area contributed by atoms with Gasteiger partial charge < -0.3 is 29.1 Å². The van der Waals surface area contributed by atoms with Gasteiger partial charge in [-0.15, -0.1) is 23.5 Å². The summed E-state index contributed by atoms with van der Waals surface area (Å²) in [6, 6.07) is 19.7. The number of rotatable bonds is 15. The summed E-state index contributed by atoms with van der Waals surface area (Å²) in [7, 11) is -3.10. The molecule has 0 saturated heterocycles. The van der Waals surface area contributed by atoms with E-state index in [1.165, 1.54) is 55.4 Å². The van der Waals surface area contributed by atoms with E-state index in [1.54, 1.807) is 62.5 Å². The van der Waals surface area contributed by atoms with Crippen LogP contribution in [0.25, 0.3) is 0 Å². The first-order chi connectivity index (χ1) is 27.0. The van der Waals surface area contributed by atoms with Crippen molar-refractivity contribution in [3.05, 3.63) is 106 Å². The highest BCUT2D eigenvalue weighted by Gasteiger charge is 2.50. The SMILES string of the molecule is CSc1ccc(Oc2ccc(CN(Cc3ccc(Oc4ccc(SC)c(C)c4)c(CN(C)C(=O)OC(C)(C)C)c3)S(=O)(=O)C(F)(F)F)cc2CN(C)C(=O)O)cc1C. The third kappa shape index (κ3) is 12.2. The van der Waals surface area contributed by atoms with Crippen LogP contribution in [0.1, 0.15) is 54.2 Å². The molecular weight excluding hydrogens is 816 g/mol. The number of sulfonamides is 1. The molecule has 0 fully saturated rings. The average Bonchev–Trinajstić information content (AvgIpc) is 3.12. The van der Waals surface area contributed by atoms with E-state index in [0.717, 1.165) is 25.8 Å². The lowest BCUT2D eigenvalue weighted by Gasteiger charge is -2.26. The minimum absolute atomic E-state index is 0.0898. The predicted octanol–water partition coefficient (Wildman–Crippen LogP) is 10.7. The molecule has 0 saturated carbocycles. The number of hydrogen-bond acceptors (Lipinski definition) is 9. The number of carbonyl (C=O) groups excluding carboxylic acids is 1. The van der Waals surface area contributed by atoms with Gasteiger partial charge >= 0.3 is 27.7 Å². The molecule has 4 rings (SSSR count). The average molecular weight is 864 g/mol. The van der Waals surface area contributed by atoms with Crippen molar-refractivity contribution in [2.24, 2.45) is 0 Å². The van der Waals surface area contributed by atoms with E-state index in [-0.39, 0.29) is 30.0 Å². The van der Waals surface area contributed by atoms with Gasteiger partial charge in [0.1, 0.15) is 28.6 Å². The maximum Gasteiger partial charge on any atom is 0.511 e. The van der Waals surface area contributed by atoms with Crippen LogP contribution in [0.3, 0.4) is 0 Å². The summed E-state index contributed by atoms with van der Waals surface area (Å²) in [5.41, 5.74) is -3.55. The summed E-state index contributed by atoms with van der Waals surface area (Å²) in [5, 5.41) is 9.62. The first kappa shape index (κ1) is 46.1. The predicted molar refractivity (Wildman–Crippen MR) is 220 cm³/mol. The van der Waals surface area contributed by atoms with Gasteiger partial charge in [-0.05, 0) is 130 Å². The lowest BCUT2D eigenvalue weighted by Crippen LogP contribution is -2.40. The minimum Gasteiger partial charge on any atom is -0.465 e. The molecule has 0 bridgehead atoms. The van der Waals surface area contributed by atoms with Crippen LogP contribution in [0, 0.1) is 13.8 Å². The quantitative estimate of drug-likeness (QED) is 0.115. The van der Waals surface area contributed by atoms with Gasteiger partial charge in [-0.2, -0.15) is 17.5 Å². The zero-order valence-corrected chi connectivity index (χ0v) is 36.2. The topological polar surface area (TPSA) is 126 Å². The second-order valence-electron chi connectivity index (χ2n) is 14.5. The summed E-state index contributed by atoms with van der Waals surface area (Å²) in [5.74, 6) is 1.47. The van der Waals surface area contributed by atoms with Crippen LogP contribution >= 0.6 is 23.5 Å². The van der Waals surface area contributed by atoms with Crippen molar-refractivity contribution in [1.29, 1.82) is 0 Å². The molecular formula is C41H48F3N3O8S3. The van der Waals surface area contributed by atoms with Crippen LogP contribution in [0.4, 0.5) is 22.8 Å². The zero-order valence-electron chi connectivity index (χ0n) is 33.8. The van der Waals surface area contributed by atoms with Gasteiger partial charge in [0.15, 0.2) is 0 Å². The lowest BCUT2D eigenvalue weighted by molar-refractivity contribution is -0.0494. The molecule has 0 heterocycles. The van der Waals surface area contributed by atoms with Crippen LogP contribution in [0.2, 0.25) is 0 Å². The number of halogens is 3.